The number of benzene rings is 1. The van der Waals surface area contributed by atoms with Crippen LogP contribution in [0.15, 0.2) is 30.3 Å². The number of hydrogen-bond donors (Lipinski definition) is 1. The standard InChI is InChI=1S/C16H24N2O3/c1-18(12-6-9-15(19)21-2)16(20)14(17)11-10-13-7-4-3-5-8-13/h3-5,7-8,14H,6,9-12,17H2,1-2H3. The van der Waals surface area contributed by atoms with Crippen LogP contribution in [0.4, 0.5) is 0 Å². The van der Waals surface area contributed by atoms with Crippen LogP contribution < -0.4 is 5.73 Å². The quantitative estimate of drug-likeness (QED) is 0.734. The van der Waals surface area contributed by atoms with E-state index in [0.29, 0.717) is 25.8 Å². The van der Waals surface area contributed by atoms with Gasteiger partial charge in [0.25, 0.3) is 0 Å². The normalized spacial score (nSPS) is 11.8. The van der Waals surface area contributed by atoms with Gasteiger partial charge < -0.3 is 15.4 Å². The van der Waals surface area contributed by atoms with Gasteiger partial charge in [0.15, 0.2) is 0 Å². The number of esters is 1. The number of nitrogens with two attached hydrogens (primary N) is 1. The van der Waals surface area contributed by atoms with Gasteiger partial charge in [0.2, 0.25) is 5.91 Å². The summed E-state index contributed by atoms with van der Waals surface area (Å²) in [6, 6.07) is 9.45. The second-order valence-electron chi connectivity index (χ2n) is 5.07. The fraction of sp³-hybridized carbons (Fsp3) is 0.500. The number of nitrogens with zero attached hydrogens (tertiary/aromatic N) is 1. The van der Waals surface area contributed by atoms with Crippen molar-refractivity contribution in [3.8, 4) is 0 Å². The average Bonchev–Trinajstić information content (AvgIpc) is 2.52. The van der Waals surface area contributed by atoms with Crippen LogP contribution in [-0.2, 0) is 20.7 Å². The number of ether oxygens (including phenoxy) is 1. The molecule has 0 fully saturated rings. The second-order valence-corrected chi connectivity index (χ2v) is 5.07. The maximum absolute atomic E-state index is 12.1. The second kappa shape index (κ2) is 9.13. The lowest BCUT2D eigenvalue weighted by molar-refractivity contribution is -0.141. The fourth-order valence-corrected chi connectivity index (χ4v) is 2.05. The van der Waals surface area contributed by atoms with Crippen LogP contribution in [0.3, 0.4) is 0 Å². The first-order chi connectivity index (χ1) is 10.0. The molecule has 5 heteroatoms. The minimum absolute atomic E-state index is 0.0872. The topological polar surface area (TPSA) is 72.6 Å². The lowest BCUT2D eigenvalue weighted by Gasteiger charge is -2.21. The van der Waals surface area contributed by atoms with Crippen molar-refractivity contribution in [3.05, 3.63) is 35.9 Å². The van der Waals surface area contributed by atoms with Gasteiger partial charge in [-0.3, -0.25) is 9.59 Å². The highest BCUT2D eigenvalue weighted by Gasteiger charge is 2.17. The average molecular weight is 292 g/mol. The molecule has 1 aromatic carbocycles. The highest BCUT2D eigenvalue weighted by atomic mass is 16.5. The van der Waals surface area contributed by atoms with Crippen molar-refractivity contribution >= 4 is 11.9 Å². The number of likely N-dealkylation sites (N-methyl/N-ethyl adjacent to an activating group) is 1. The molecular weight excluding hydrogens is 268 g/mol. The Labute approximate surface area is 126 Å². The summed E-state index contributed by atoms with van der Waals surface area (Å²) in [7, 11) is 3.07. The Bertz CT molecular complexity index is 448. The van der Waals surface area contributed by atoms with E-state index >= 15 is 0 Å². The number of methoxy groups -OCH3 is 1. The predicted molar refractivity (Wildman–Crippen MR) is 81.6 cm³/mol. The molecule has 0 saturated carbocycles. The number of amides is 1. The molecular formula is C16H24N2O3. The summed E-state index contributed by atoms with van der Waals surface area (Å²) in [5, 5.41) is 0. The number of aryl methyl sites for hydroxylation is 1. The molecule has 0 heterocycles. The first-order valence-corrected chi connectivity index (χ1v) is 7.16. The Kier molecular flexibility index (Phi) is 7.46. The van der Waals surface area contributed by atoms with E-state index in [1.165, 1.54) is 12.7 Å². The van der Waals surface area contributed by atoms with Gasteiger partial charge in [0.05, 0.1) is 13.2 Å². The molecule has 0 saturated heterocycles. The highest BCUT2D eigenvalue weighted by Crippen LogP contribution is 2.06. The summed E-state index contributed by atoms with van der Waals surface area (Å²) < 4.78 is 4.56. The molecule has 0 aliphatic carbocycles. The van der Waals surface area contributed by atoms with Gasteiger partial charge in [-0.25, -0.2) is 0 Å². The molecule has 5 nitrogen and oxygen atoms in total. The molecule has 0 radical (unpaired) electrons. The maximum atomic E-state index is 12.1. The number of rotatable bonds is 8. The van der Waals surface area contributed by atoms with Gasteiger partial charge in [-0.2, -0.15) is 0 Å². The smallest absolute Gasteiger partial charge is 0.305 e. The molecule has 0 aliphatic rings. The molecule has 1 aromatic rings. The Balaban J connectivity index is 2.30. The molecule has 0 aromatic heterocycles. The Morgan fingerprint density at radius 2 is 1.95 bits per heavy atom. The van der Waals surface area contributed by atoms with Gasteiger partial charge in [0.1, 0.15) is 0 Å². The van der Waals surface area contributed by atoms with Crippen LogP contribution >= 0.6 is 0 Å². The number of hydrogen-bond acceptors (Lipinski definition) is 4. The van der Waals surface area contributed by atoms with Crippen LogP contribution in [0.25, 0.3) is 0 Å². The molecule has 116 valence electrons. The lowest BCUT2D eigenvalue weighted by atomic mass is 10.0. The summed E-state index contributed by atoms with van der Waals surface area (Å²) in [6.07, 6.45) is 2.29. The number of carbonyl (C=O) groups excluding carboxylic acids is 2. The summed E-state index contributed by atoms with van der Waals surface area (Å²) >= 11 is 0. The van der Waals surface area contributed by atoms with E-state index < -0.39 is 6.04 Å². The van der Waals surface area contributed by atoms with E-state index in [2.05, 4.69) is 4.74 Å². The third kappa shape index (κ3) is 6.40. The minimum Gasteiger partial charge on any atom is -0.469 e. The fourth-order valence-electron chi connectivity index (χ4n) is 2.05. The third-order valence-electron chi connectivity index (χ3n) is 3.38. The van der Waals surface area contributed by atoms with Crippen LogP contribution in [0, 0.1) is 0 Å². The SMILES string of the molecule is COC(=O)CCCN(C)C(=O)C(N)CCc1ccccc1. The Morgan fingerprint density at radius 3 is 2.57 bits per heavy atom. The van der Waals surface area contributed by atoms with E-state index in [0.717, 1.165) is 6.42 Å². The van der Waals surface area contributed by atoms with Crippen LogP contribution in [0.2, 0.25) is 0 Å². The van der Waals surface area contributed by atoms with Crippen LogP contribution in [-0.4, -0.2) is 43.5 Å². The summed E-state index contributed by atoms with van der Waals surface area (Å²) in [4.78, 5) is 24.7. The molecule has 21 heavy (non-hydrogen) atoms. The van der Waals surface area contributed by atoms with Crippen molar-refractivity contribution in [2.75, 3.05) is 20.7 Å². The molecule has 2 N–H and O–H groups in total. The van der Waals surface area contributed by atoms with Crippen molar-refractivity contribution in [2.24, 2.45) is 5.73 Å². The van der Waals surface area contributed by atoms with Crippen molar-refractivity contribution in [1.82, 2.24) is 4.90 Å². The lowest BCUT2D eigenvalue weighted by Crippen LogP contribution is -2.42. The maximum Gasteiger partial charge on any atom is 0.305 e. The molecule has 1 atom stereocenters. The van der Waals surface area contributed by atoms with Crippen LogP contribution in [0.1, 0.15) is 24.8 Å². The molecule has 0 spiro atoms. The van der Waals surface area contributed by atoms with Gasteiger partial charge >= 0.3 is 5.97 Å². The van der Waals surface area contributed by atoms with Crippen molar-refractivity contribution in [3.63, 3.8) is 0 Å². The molecule has 1 unspecified atom stereocenters. The predicted octanol–water partition coefficient (Wildman–Crippen LogP) is 1.36. The summed E-state index contributed by atoms with van der Waals surface area (Å²) in [5.74, 6) is -0.347. The van der Waals surface area contributed by atoms with Crippen molar-refractivity contribution in [2.45, 2.75) is 31.7 Å². The van der Waals surface area contributed by atoms with E-state index in [1.54, 1.807) is 11.9 Å². The van der Waals surface area contributed by atoms with E-state index in [9.17, 15) is 9.59 Å². The first kappa shape index (κ1) is 17.2. The van der Waals surface area contributed by atoms with E-state index in [1.807, 2.05) is 30.3 Å². The van der Waals surface area contributed by atoms with Crippen molar-refractivity contribution in [1.29, 1.82) is 0 Å². The van der Waals surface area contributed by atoms with Gasteiger partial charge in [0, 0.05) is 20.0 Å². The molecule has 1 amide bonds. The zero-order chi connectivity index (χ0) is 15.7. The zero-order valence-electron chi connectivity index (χ0n) is 12.7. The first-order valence-electron chi connectivity index (χ1n) is 7.16. The Hall–Kier alpha value is -1.88. The zero-order valence-corrected chi connectivity index (χ0v) is 12.7. The summed E-state index contributed by atoms with van der Waals surface area (Å²) in [6.45, 7) is 0.507. The van der Waals surface area contributed by atoms with Crippen LogP contribution in [0.5, 0.6) is 0 Å². The summed E-state index contributed by atoms with van der Waals surface area (Å²) in [5.41, 5.74) is 7.12. The molecule has 1 rings (SSSR count). The largest absolute Gasteiger partial charge is 0.469 e. The van der Waals surface area contributed by atoms with E-state index in [4.69, 9.17) is 5.73 Å². The number of carbonyl (C=O) groups is 2. The molecule has 0 bridgehead atoms. The Morgan fingerprint density at radius 1 is 1.29 bits per heavy atom. The van der Waals surface area contributed by atoms with Crippen molar-refractivity contribution < 1.29 is 14.3 Å². The molecule has 0 aliphatic heterocycles. The van der Waals surface area contributed by atoms with Gasteiger partial charge in [-0.15, -0.1) is 0 Å². The highest BCUT2D eigenvalue weighted by molar-refractivity contribution is 5.81. The van der Waals surface area contributed by atoms with Gasteiger partial charge in [-0.05, 0) is 24.8 Å². The monoisotopic (exact) mass is 292 g/mol. The minimum atomic E-state index is -0.506. The van der Waals surface area contributed by atoms with Gasteiger partial charge in [-0.1, -0.05) is 30.3 Å². The van der Waals surface area contributed by atoms with E-state index in [-0.39, 0.29) is 11.9 Å². The third-order valence-corrected chi connectivity index (χ3v) is 3.38.